The van der Waals surface area contributed by atoms with Gasteiger partial charge in [0.25, 0.3) is 11.6 Å². The molecular formula is C16H15N3O4. The molecule has 0 bridgehead atoms. The number of nitrogens with one attached hydrogen (secondary N) is 1. The van der Waals surface area contributed by atoms with Gasteiger partial charge in [-0.1, -0.05) is 42.5 Å². The molecule has 2 aromatic rings. The van der Waals surface area contributed by atoms with E-state index in [9.17, 15) is 20.0 Å². The molecule has 1 amide bonds. The van der Waals surface area contributed by atoms with Crippen LogP contribution in [-0.2, 0) is 4.79 Å². The van der Waals surface area contributed by atoms with Crippen molar-refractivity contribution < 1.29 is 14.8 Å². The molecule has 0 aliphatic rings. The molecule has 23 heavy (non-hydrogen) atoms. The molecule has 2 rings (SSSR count). The van der Waals surface area contributed by atoms with Crippen LogP contribution in [0, 0.1) is 17.0 Å². The number of benzene rings is 2. The third-order valence-electron chi connectivity index (χ3n) is 3.18. The minimum Gasteiger partial charge on any atom is -0.378 e. The monoisotopic (exact) mass is 313 g/mol. The molecule has 7 heteroatoms. The first kappa shape index (κ1) is 16.3. The second kappa shape index (κ2) is 7.28. The Morgan fingerprint density at radius 3 is 2.65 bits per heavy atom. The molecule has 0 spiro atoms. The highest BCUT2D eigenvalue weighted by Crippen LogP contribution is 2.18. The molecule has 0 saturated carbocycles. The van der Waals surface area contributed by atoms with Crippen molar-refractivity contribution in [1.29, 1.82) is 0 Å². The van der Waals surface area contributed by atoms with E-state index < -0.39 is 16.9 Å². The first-order chi connectivity index (χ1) is 11.0. The number of hydrogen-bond donors (Lipinski definition) is 2. The number of aliphatic hydroxyl groups is 1. The summed E-state index contributed by atoms with van der Waals surface area (Å²) in [5.41, 5.74) is 3.64. The van der Waals surface area contributed by atoms with Crippen LogP contribution in [0.15, 0.2) is 53.6 Å². The van der Waals surface area contributed by atoms with Gasteiger partial charge in [0.2, 0.25) is 0 Å². The van der Waals surface area contributed by atoms with Gasteiger partial charge in [0.05, 0.1) is 11.1 Å². The van der Waals surface area contributed by atoms with Crippen LogP contribution in [-0.4, -0.2) is 22.2 Å². The van der Waals surface area contributed by atoms with Crippen LogP contribution in [0.4, 0.5) is 5.69 Å². The maximum atomic E-state index is 11.8. The molecule has 0 fully saturated rings. The molecule has 7 nitrogen and oxygen atoms in total. The molecule has 0 saturated heterocycles. The average molecular weight is 313 g/mol. The van der Waals surface area contributed by atoms with Crippen LogP contribution in [0.25, 0.3) is 0 Å². The number of hydrazone groups is 1. The Bertz CT molecular complexity index is 744. The summed E-state index contributed by atoms with van der Waals surface area (Å²) in [7, 11) is 0. The van der Waals surface area contributed by atoms with Crippen LogP contribution in [0.2, 0.25) is 0 Å². The number of nitro benzene ring substituents is 1. The zero-order chi connectivity index (χ0) is 16.8. The number of carbonyl (C=O) groups is 1. The summed E-state index contributed by atoms with van der Waals surface area (Å²) < 4.78 is 0. The molecule has 0 aliphatic heterocycles. The first-order valence-electron chi connectivity index (χ1n) is 6.80. The summed E-state index contributed by atoms with van der Waals surface area (Å²) in [5.74, 6) is -0.686. The SMILES string of the molecule is Cc1ccc(/C=N\NC(=O)[C@H](O)c2ccccc2)cc1[N+](=O)[O-]. The predicted octanol–water partition coefficient (Wildman–Crippen LogP) is 2.09. The molecule has 0 heterocycles. The maximum absolute atomic E-state index is 11.8. The Labute approximate surface area is 132 Å². The maximum Gasteiger partial charge on any atom is 0.273 e. The largest absolute Gasteiger partial charge is 0.378 e. The molecule has 0 radical (unpaired) electrons. The molecule has 1 atom stereocenters. The highest BCUT2D eigenvalue weighted by atomic mass is 16.6. The summed E-state index contributed by atoms with van der Waals surface area (Å²) >= 11 is 0. The molecule has 2 aromatic carbocycles. The summed E-state index contributed by atoms with van der Waals surface area (Å²) in [6.07, 6.45) is -0.0529. The Morgan fingerprint density at radius 2 is 2.00 bits per heavy atom. The fraction of sp³-hybridized carbons (Fsp3) is 0.125. The van der Waals surface area contributed by atoms with Gasteiger partial charge >= 0.3 is 0 Å². The zero-order valence-corrected chi connectivity index (χ0v) is 12.3. The lowest BCUT2D eigenvalue weighted by atomic mass is 10.1. The van der Waals surface area contributed by atoms with E-state index in [-0.39, 0.29) is 5.69 Å². The summed E-state index contributed by atoms with van der Waals surface area (Å²) in [6, 6.07) is 13.0. The summed E-state index contributed by atoms with van der Waals surface area (Å²) in [6.45, 7) is 1.64. The quantitative estimate of drug-likeness (QED) is 0.501. The molecular weight excluding hydrogens is 298 g/mol. The number of amides is 1. The number of rotatable bonds is 5. The van der Waals surface area contributed by atoms with E-state index in [0.29, 0.717) is 16.7 Å². The zero-order valence-electron chi connectivity index (χ0n) is 12.3. The van der Waals surface area contributed by atoms with Crippen LogP contribution in [0.1, 0.15) is 22.8 Å². The van der Waals surface area contributed by atoms with Gasteiger partial charge in [-0.2, -0.15) is 5.10 Å². The lowest BCUT2D eigenvalue weighted by molar-refractivity contribution is -0.385. The highest BCUT2D eigenvalue weighted by molar-refractivity contribution is 5.85. The van der Waals surface area contributed by atoms with Crippen molar-refractivity contribution in [2.75, 3.05) is 0 Å². The van der Waals surface area contributed by atoms with E-state index in [1.165, 1.54) is 12.3 Å². The van der Waals surface area contributed by atoms with Gasteiger partial charge in [-0.25, -0.2) is 5.43 Å². The van der Waals surface area contributed by atoms with E-state index in [1.54, 1.807) is 49.4 Å². The molecule has 118 valence electrons. The van der Waals surface area contributed by atoms with E-state index in [4.69, 9.17) is 0 Å². The number of carbonyl (C=O) groups excluding carboxylic acids is 1. The minimum absolute atomic E-state index is 0.0235. The smallest absolute Gasteiger partial charge is 0.273 e. The van der Waals surface area contributed by atoms with Crippen molar-refractivity contribution in [3.05, 3.63) is 75.3 Å². The van der Waals surface area contributed by atoms with Crippen molar-refractivity contribution in [1.82, 2.24) is 5.43 Å². The molecule has 0 aromatic heterocycles. The third-order valence-corrected chi connectivity index (χ3v) is 3.18. The van der Waals surface area contributed by atoms with Crippen LogP contribution >= 0.6 is 0 Å². The highest BCUT2D eigenvalue weighted by Gasteiger charge is 2.16. The Kier molecular flexibility index (Phi) is 5.16. The van der Waals surface area contributed by atoms with E-state index in [1.807, 2.05) is 0 Å². The van der Waals surface area contributed by atoms with Gasteiger partial charge < -0.3 is 5.11 Å². The van der Waals surface area contributed by atoms with Gasteiger partial charge in [-0.3, -0.25) is 14.9 Å². The van der Waals surface area contributed by atoms with E-state index in [2.05, 4.69) is 10.5 Å². The van der Waals surface area contributed by atoms with Gasteiger partial charge in [0.1, 0.15) is 0 Å². The van der Waals surface area contributed by atoms with E-state index in [0.717, 1.165) is 0 Å². The molecule has 2 N–H and O–H groups in total. The fourth-order valence-corrected chi connectivity index (χ4v) is 1.92. The van der Waals surface area contributed by atoms with Gasteiger partial charge in [0, 0.05) is 17.2 Å². The van der Waals surface area contributed by atoms with Crippen molar-refractivity contribution in [3.63, 3.8) is 0 Å². The van der Waals surface area contributed by atoms with Gasteiger partial charge in [0.15, 0.2) is 6.10 Å². The number of nitro groups is 1. The van der Waals surface area contributed by atoms with Crippen LogP contribution in [0.5, 0.6) is 0 Å². The predicted molar refractivity (Wildman–Crippen MR) is 85.0 cm³/mol. The van der Waals surface area contributed by atoms with Crippen molar-refractivity contribution in [2.24, 2.45) is 5.10 Å². The summed E-state index contributed by atoms with van der Waals surface area (Å²) in [5, 5.41) is 24.4. The lowest BCUT2D eigenvalue weighted by Gasteiger charge is -2.08. The summed E-state index contributed by atoms with van der Waals surface area (Å²) in [4.78, 5) is 22.2. The fourth-order valence-electron chi connectivity index (χ4n) is 1.92. The second-order valence-electron chi connectivity index (χ2n) is 4.85. The second-order valence-corrected chi connectivity index (χ2v) is 4.85. The number of aryl methyl sites for hydroxylation is 1. The van der Waals surface area contributed by atoms with Crippen molar-refractivity contribution >= 4 is 17.8 Å². The minimum atomic E-state index is -1.33. The Balaban J connectivity index is 2.03. The lowest BCUT2D eigenvalue weighted by Crippen LogP contribution is -2.25. The molecule has 0 aliphatic carbocycles. The van der Waals surface area contributed by atoms with E-state index >= 15 is 0 Å². The van der Waals surface area contributed by atoms with Crippen LogP contribution < -0.4 is 5.43 Å². The third kappa shape index (κ3) is 4.21. The van der Waals surface area contributed by atoms with Gasteiger partial charge in [-0.15, -0.1) is 0 Å². The van der Waals surface area contributed by atoms with Gasteiger partial charge in [-0.05, 0) is 12.5 Å². The van der Waals surface area contributed by atoms with Crippen molar-refractivity contribution in [2.45, 2.75) is 13.0 Å². The number of hydrogen-bond acceptors (Lipinski definition) is 5. The number of aliphatic hydroxyl groups excluding tert-OH is 1. The number of nitrogens with zero attached hydrogens (tertiary/aromatic N) is 2. The molecule has 0 unspecified atom stereocenters. The standard InChI is InChI=1S/C16H15N3O4/c1-11-7-8-12(9-14(11)19(22)23)10-17-18-16(21)15(20)13-5-3-2-4-6-13/h2-10,15,20H,1H3,(H,18,21)/b17-10-/t15-/m1/s1. The normalized spacial score (nSPS) is 12.1. The topological polar surface area (TPSA) is 105 Å². The Hall–Kier alpha value is -3.06. The first-order valence-corrected chi connectivity index (χ1v) is 6.80. The van der Waals surface area contributed by atoms with Crippen molar-refractivity contribution in [3.8, 4) is 0 Å². The van der Waals surface area contributed by atoms with Crippen LogP contribution in [0.3, 0.4) is 0 Å². The average Bonchev–Trinajstić information content (AvgIpc) is 2.56. The Morgan fingerprint density at radius 1 is 1.30 bits per heavy atom.